The Morgan fingerprint density at radius 2 is 1.69 bits per heavy atom. The monoisotopic (exact) mass is 943 g/mol. The van der Waals surface area contributed by atoms with Gasteiger partial charge in [0.15, 0.2) is 0 Å². The summed E-state index contributed by atoms with van der Waals surface area (Å²) in [6, 6.07) is 5.67. The maximum Gasteiger partial charge on any atom is 0.433 e. The Hall–Kier alpha value is -5.26. The first-order valence-electron chi connectivity index (χ1n) is 23.6. The second-order valence-corrected chi connectivity index (χ2v) is 20.7. The van der Waals surface area contributed by atoms with Crippen molar-refractivity contribution in [1.29, 1.82) is 0 Å². The predicted molar refractivity (Wildman–Crippen MR) is 248 cm³/mol. The zero-order valence-corrected chi connectivity index (χ0v) is 39.2. The second kappa shape index (κ2) is 19.4. The van der Waals surface area contributed by atoms with Crippen molar-refractivity contribution in [1.82, 2.24) is 30.4 Å². The summed E-state index contributed by atoms with van der Waals surface area (Å²) in [6.45, 7) is 12.7. The largest absolute Gasteiger partial charge is 0.433 e. The van der Waals surface area contributed by atoms with Gasteiger partial charge in [-0.2, -0.15) is 13.2 Å². The first-order chi connectivity index (χ1) is 31.9. The van der Waals surface area contributed by atoms with E-state index >= 15 is 0 Å². The van der Waals surface area contributed by atoms with E-state index in [1.807, 2.05) is 0 Å². The predicted octanol–water partition coefficient (Wildman–Crippen LogP) is 8.28. The molecule has 5 amide bonds. The highest BCUT2D eigenvalue weighted by atomic mass is 32.1. The highest BCUT2D eigenvalue weighted by molar-refractivity contribution is 7.18. The first-order valence-corrected chi connectivity index (χ1v) is 24.4. The molecular weight excluding hydrogens is 884 g/mol. The molecule has 17 heteroatoms. The van der Waals surface area contributed by atoms with E-state index in [1.54, 1.807) is 56.4 Å². The van der Waals surface area contributed by atoms with Gasteiger partial charge in [0.05, 0.1) is 32.0 Å². The van der Waals surface area contributed by atoms with Crippen molar-refractivity contribution in [3.8, 4) is 0 Å². The Kier molecular flexibility index (Phi) is 13.9. The average molecular weight is 944 g/mol. The summed E-state index contributed by atoms with van der Waals surface area (Å²) in [4.78, 5) is 76.5. The zero-order valence-electron chi connectivity index (χ0n) is 38.4. The molecule has 3 aliphatic heterocycles. The van der Waals surface area contributed by atoms with E-state index in [-0.39, 0.29) is 29.7 Å². The van der Waals surface area contributed by atoms with Gasteiger partial charge in [0, 0.05) is 42.4 Å². The van der Waals surface area contributed by atoms with Crippen LogP contribution in [0.5, 0.6) is 0 Å². The van der Waals surface area contributed by atoms with E-state index in [0.29, 0.717) is 52.2 Å². The second-order valence-electron chi connectivity index (χ2n) is 19.7. The Morgan fingerprint density at radius 1 is 0.970 bits per heavy atom. The number of imide groups is 2. The number of aliphatic hydroxyl groups is 1. The summed E-state index contributed by atoms with van der Waals surface area (Å²) in [5, 5.41) is 20.4. The van der Waals surface area contributed by atoms with E-state index in [2.05, 4.69) is 32.4 Å². The van der Waals surface area contributed by atoms with Crippen molar-refractivity contribution < 1.29 is 42.3 Å². The molecule has 2 aliphatic carbocycles. The van der Waals surface area contributed by atoms with Crippen LogP contribution in [0.4, 0.5) is 18.9 Å². The molecule has 1 unspecified atom stereocenters. The molecule has 3 aromatic rings. The number of halogens is 3. The number of pyridine rings is 1. The van der Waals surface area contributed by atoms with Gasteiger partial charge in [0.2, 0.25) is 11.8 Å². The van der Waals surface area contributed by atoms with Gasteiger partial charge in [-0.25, -0.2) is 9.97 Å². The average Bonchev–Trinajstić information content (AvgIpc) is 3.82. The first kappa shape index (κ1) is 48.2. The molecule has 2 aromatic heterocycles. The Balaban J connectivity index is 0.792. The van der Waals surface area contributed by atoms with Crippen molar-refractivity contribution in [3.63, 3.8) is 0 Å². The van der Waals surface area contributed by atoms with Gasteiger partial charge in [-0.05, 0) is 159 Å². The number of aromatic nitrogens is 2. The molecule has 3 saturated heterocycles. The van der Waals surface area contributed by atoms with Crippen LogP contribution in [0.3, 0.4) is 0 Å². The number of benzene rings is 1. The zero-order chi connectivity index (χ0) is 47.8. The number of piperidine rings is 2. The fourth-order valence-corrected chi connectivity index (χ4v) is 12.1. The molecular formula is C50H60F3N7O6S. The molecule has 2 saturated carbocycles. The number of amides is 5. The van der Waals surface area contributed by atoms with Crippen molar-refractivity contribution >= 4 is 56.8 Å². The lowest BCUT2D eigenvalue weighted by atomic mass is 9.65. The highest BCUT2D eigenvalue weighted by Gasteiger charge is 2.47. The van der Waals surface area contributed by atoms with Crippen LogP contribution < -0.4 is 16.0 Å². The molecule has 0 radical (unpaired) electrons. The van der Waals surface area contributed by atoms with Gasteiger partial charge in [0.25, 0.3) is 17.7 Å². The molecule has 13 nitrogen and oxygen atoms in total. The van der Waals surface area contributed by atoms with E-state index < -0.39 is 53.0 Å². The van der Waals surface area contributed by atoms with Gasteiger partial charge < -0.3 is 20.6 Å². The molecule has 1 atom stereocenters. The molecule has 5 fully saturated rings. The number of alkyl halides is 3. The molecule has 4 N–H and O–H groups in total. The van der Waals surface area contributed by atoms with Crippen molar-refractivity contribution in [3.05, 3.63) is 87.9 Å². The van der Waals surface area contributed by atoms with E-state index in [9.17, 15) is 42.3 Å². The molecule has 5 heterocycles. The van der Waals surface area contributed by atoms with Crippen LogP contribution >= 0.6 is 11.3 Å². The lowest BCUT2D eigenvalue weighted by Crippen LogP contribution is -2.54. The number of likely N-dealkylation sites (tertiary alicyclic amines) is 2. The van der Waals surface area contributed by atoms with Gasteiger partial charge in [-0.15, -0.1) is 11.3 Å². The number of nitrogens with one attached hydrogen (secondary N) is 3. The van der Waals surface area contributed by atoms with E-state index in [0.717, 1.165) is 91.3 Å². The Morgan fingerprint density at radius 3 is 2.33 bits per heavy atom. The summed E-state index contributed by atoms with van der Waals surface area (Å²) in [5.41, 5.74) is -0.165. The summed E-state index contributed by atoms with van der Waals surface area (Å²) < 4.78 is 40.7. The molecule has 1 spiro atoms. The Labute approximate surface area is 392 Å². The number of allylic oxidation sites excluding steroid dienone is 2. The number of fused-ring (bicyclic) bond motifs is 1. The lowest BCUT2D eigenvalue weighted by Gasteiger charge is -2.47. The fourth-order valence-electron chi connectivity index (χ4n) is 10.9. The van der Waals surface area contributed by atoms with Crippen molar-refractivity contribution in [2.45, 2.75) is 128 Å². The summed E-state index contributed by atoms with van der Waals surface area (Å²) in [6.07, 6.45) is 11.0. The topological polar surface area (TPSA) is 174 Å². The summed E-state index contributed by atoms with van der Waals surface area (Å²) >= 11 is 1.56. The number of nitrogens with zero attached hydrogens (tertiary/aromatic N) is 4. The molecule has 8 rings (SSSR count). The fraction of sp³-hybridized carbons (Fsp3) is 0.540. The number of carbonyl (C=O) groups is 5. The number of carbonyl (C=O) groups excluding carboxylic acids is 5. The normalized spacial score (nSPS) is 24.7. The van der Waals surface area contributed by atoms with Crippen molar-refractivity contribution in [2.24, 2.45) is 17.3 Å². The van der Waals surface area contributed by atoms with Crippen LogP contribution in [0.25, 0.3) is 10.2 Å². The van der Waals surface area contributed by atoms with Gasteiger partial charge in [-0.3, -0.25) is 34.2 Å². The number of thiazole rings is 1. The number of hydrogen-bond acceptors (Lipinski definition) is 11. The summed E-state index contributed by atoms with van der Waals surface area (Å²) in [5.74, 6) is -1.46. The SMILES string of the molecule is C=C/C(NCCC1CCC2(CC1)CCN(C[C@H]1CC[C@H](c3nc4cc(C(C)(C)O)c(NC(=O)c5cccc(C(F)(F)F)n5)cc4s3)CC1)CC2)=C1/C(=O)N(C2CCC(=O)NC2=O)C(=O)/C1=C/C. The minimum Gasteiger partial charge on any atom is -0.386 e. The third kappa shape index (κ3) is 10.4. The van der Waals surface area contributed by atoms with Crippen LogP contribution in [0.15, 0.2) is 65.9 Å². The molecule has 1 aromatic carbocycles. The Bertz CT molecular complexity index is 2500. The number of hydrogen-bond donors (Lipinski definition) is 4. The summed E-state index contributed by atoms with van der Waals surface area (Å²) in [7, 11) is 0. The molecule has 358 valence electrons. The number of anilines is 1. The minimum atomic E-state index is -4.69. The highest BCUT2D eigenvalue weighted by Crippen LogP contribution is 2.48. The third-order valence-electron chi connectivity index (χ3n) is 14.8. The van der Waals surface area contributed by atoms with Crippen LogP contribution in [0.1, 0.15) is 137 Å². The lowest BCUT2D eigenvalue weighted by molar-refractivity contribution is -0.149. The third-order valence-corrected chi connectivity index (χ3v) is 16.0. The molecule has 67 heavy (non-hydrogen) atoms. The standard InChI is InChI=1S/C50H60F3N7O6S/c1-5-32-42(47(65)60(46(32)64)38-14-15-41(61)58-44(38)63)34(6-2)54-23-18-29-16-19-49(20-17-29)21-24-59(25-22-49)28-30-10-12-31(13-11-30)45-57-37-26-33(48(3,4)66)36(27-39(37)67-45)56-43(62)35-8-7-9-40(55-35)50(51,52)53/h5-9,26-27,29-31,38,54,66H,2,10-25,28H2,1,3-4H3,(H,56,62)(H,58,61,63)/b32-5+,42-34-/t30-,31-,38?. The minimum absolute atomic E-state index is 0.0634. The molecule has 5 aliphatic rings. The van der Waals surface area contributed by atoms with Gasteiger partial charge in [0.1, 0.15) is 17.4 Å². The smallest absolute Gasteiger partial charge is 0.386 e. The van der Waals surface area contributed by atoms with Crippen LogP contribution in [0.2, 0.25) is 0 Å². The maximum atomic E-state index is 13.6. The van der Waals surface area contributed by atoms with Crippen LogP contribution in [-0.2, 0) is 31.0 Å². The van der Waals surface area contributed by atoms with E-state index in [1.165, 1.54) is 31.7 Å². The van der Waals surface area contributed by atoms with E-state index in [4.69, 9.17) is 4.98 Å². The maximum absolute atomic E-state index is 13.6. The van der Waals surface area contributed by atoms with Crippen LogP contribution in [0, 0.1) is 17.3 Å². The van der Waals surface area contributed by atoms with Gasteiger partial charge in [-0.1, -0.05) is 18.7 Å². The van der Waals surface area contributed by atoms with Crippen molar-refractivity contribution in [2.75, 3.05) is 31.5 Å². The molecule has 0 bridgehead atoms. The van der Waals surface area contributed by atoms with Crippen LogP contribution in [-0.4, -0.2) is 86.6 Å². The van der Waals surface area contributed by atoms with Gasteiger partial charge >= 0.3 is 6.18 Å². The number of rotatable bonds is 12. The quantitative estimate of drug-likeness (QED) is 0.102.